The van der Waals surface area contributed by atoms with Crippen LogP contribution in [-0.4, -0.2) is 158 Å². The molecule has 0 spiro atoms. The predicted octanol–water partition coefficient (Wildman–Crippen LogP) is 27.9. The van der Waals surface area contributed by atoms with Crippen LogP contribution in [0, 0.1) is 54.3 Å². The smallest absolute Gasteiger partial charge is 0.488 e. The molecule has 0 amide bonds. The highest BCUT2D eigenvalue weighted by molar-refractivity contribution is 9.11. The van der Waals surface area contributed by atoms with Gasteiger partial charge in [0.05, 0.1) is 76.0 Å². The average Bonchev–Trinajstić information content (AvgIpc) is 0.785. The first-order chi connectivity index (χ1) is 68.6. The monoisotopic (exact) mass is 2500 g/mol. The van der Waals surface area contributed by atoms with Crippen LogP contribution in [0.5, 0.6) is 23.0 Å². The molecule has 0 radical (unpaired) electrons. The number of hydrogen-bond donors (Lipinski definition) is 4. The Morgan fingerprint density at radius 2 is 0.800 bits per heavy atom. The fraction of sp³-hybridized carbons (Fsp3) is 0.146. The summed E-state index contributed by atoms with van der Waals surface area (Å²) >= 11 is 45.6. The molecule has 760 valence electrons. The van der Waals surface area contributed by atoms with Crippen molar-refractivity contribution in [2.24, 2.45) is 0 Å². The van der Waals surface area contributed by atoms with Crippen molar-refractivity contribution in [3.63, 3.8) is 0 Å². The van der Waals surface area contributed by atoms with E-state index in [1.807, 2.05) is 129 Å². The fourth-order valence-corrected chi connectivity index (χ4v) is 15.4. The number of ketones is 2. The number of anilines is 2. The summed E-state index contributed by atoms with van der Waals surface area (Å²) in [5, 5.41) is 61.5. The van der Waals surface area contributed by atoms with Crippen molar-refractivity contribution < 1.29 is 82.1 Å². The van der Waals surface area contributed by atoms with Gasteiger partial charge in [-0.15, -0.1) is 0 Å². The number of pyridine rings is 1. The van der Waals surface area contributed by atoms with Crippen LogP contribution in [0.4, 0.5) is 34.1 Å². The summed E-state index contributed by atoms with van der Waals surface area (Å²) in [6.07, 6.45) is 4.47. The summed E-state index contributed by atoms with van der Waals surface area (Å²) < 4.78 is 35.9. The number of nitrogens with zero attached hydrogens (tertiary/aromatic N) is 7. The van der Waals surface area contributed by atoms with Crippen LogP contribution in [0.1, 0.15) is 82.3 Å². The van der Waals surface area contributed by atoms with Gasteiger partial charge in [-0.1, -0.05) is 179 Å². The summed E-state index contributed by atoms with van der Waals surface area (Å²) in [7, 11) is 15.7. The third kappa shape index (κ3) is 43.6. The number of nitrogens with two attached hydrogens (primary N) is 2. The Labute approximate surface area is 916 Å². The zero-order chi connectivity index (χ0) is 109. The Kier molecular flexibility index (Phi) is 55.9. The molecule has 0 saturated carbocycles. The highest BCUT2D eigenvalue weighted by atomic mass is 79.9. The maximum absolute atomic E-state index is 11.7. The second-order valence-corrected chi connectivity index (χ2v) is 37.8. The van der Waals surface area contributed by atoms with Crippen molar-refractivity contribution in [2.45, 2.75) is 34.1 Å². The number of hydrogen-bond acceptors (Lipinski definition) is 26. The molecule has 13 aromatic carbocycles. The number of aldehydes is 2. The maximum atomic E-state index is 11.7. The molecule has 0 atom stereocenters. The second-order valence-electron chi connectivity index (χ2n) is 29.8. The summed E-state index contributed by atoms with van der Waals surface area (Å²) in [5.41, 5.74) is 23.6. The van der Waals surface area contributed by atoms with Gasteiger partial charge in [0.2, 0.25) is 6.41 Å². The van der Waals surface area contributed by atoms with Gasteiger partial charge in [-0.05, 0) is 303 Å². The van der Waals surface area contributed by atoms with Crippen molar-refractivity contribution in [3.8, 4) is 56.5 Å². The minimum atomic E-state index is -1.41. The van der Waals surface area contributed by atoms with Crippen molar-refractivity contribution >= 4 is 251 Å². The first kappa shape index (κ1) is 125. The molecule has 6 N–H and O–H groups in total. The Bertz CT molecular complexity index is 6670. The van der Waals surface area contributed by atoms with Gasteiger partial charge < -0.3 is 54.8 Å². The van der Waals surface area contributed by atoms with E-state index in [9.17, 15) is 64.4 Å². The summed E-state index contributed by atoms with van der Waals surface area (Å²) in [6, 6.07) is 77.3. The number of methoxy groups -OCH3 is 6. The minimum absolute atomic E-state index is 0.0128. The number of benzene rings is 13. The largest absolute Gasteiger partial charge is 0.497 e. The van der Waals surface area contributed by atoms with Crippen LogP contribution in [0.15, 0.2) is 304 Å². The van der Waals surface area contributed by atoms with Crippen molar-refractivity contribution in [1.82, 2.24) is 14.8 Å². The average molecular weight is 2510 g/mol. The molecule has 0 saturated heterocycles. The molecule has 0 unspecified atom stereocenters. The number of nitro groups is 4. The van der Waals surface area contributed by atoms with E-state index in [1.54, 1.807) is 184 Å². The molecule has 1 heterocycles. The van der Waals surface area contributed by atoms with Gasteiger partial charge in [0.1, 0.15) is 23.0 Å². The van der Waals surface area contributed by atoms with Crippen LogP contribution in [0.25, 0.3) is 50.5 Å². The van der Waals surface area contributed by atoms with Crippen molar-refractivity contribution in [2.75, 3.05) is 82.3 Å². The summed E-state index contributed by atoms with van der Waals surface area (Å²) in [4.78, 5) is 103. The van der Waals surface area contributed by atoms with E-state index in [4.69, 9.17) is 101 Å². The molecule has 14 aromatic rings. The SMILES string of the molecule is CN(C)/C=C/c1cc(Br)ccc1[N+](=O)[O-].COC(OC)N(C)C.COc1ccc(-c2ccc(Cl)cc2)c(-c2ccc3cc(Br)ccc3n2)c1.COc1ccc(-c2ccc(Cl)cc2)c(C(C)=O)c1.COc1ccc(Br)c(C(=O)Cl)c1.COc1ccc(Br)c(C(C)=O)c1.Cc1cc(Br)ccc1[N+](=O)[O-].Cc1cc(N)ccc1[N+](=O)[O-].Nc1ccc(Br)cc1C=O.O=Cc1cc(Br)ccc1[N+](=O)[O-].OB(O)c1ccc(Cl)cc1. The normalized spacial score (nSPS) is 10.0. The van der Waals surface area contributed by atoms with E-state index >= 15 is 0 Å². The molecule has 14 rings (SSSR count). The third-order valence-corrected chi connectivity index (χ3v) is 23.8. The number of aryl methyl sites for hydroxylation is 2. The lowest BCUT2D eigenvalue weighted by atomic mass is 9.81. The first-order valence-corrected chi connectivity index (χ1v) is 48.9. The van der Waals surface area contributed by atoms with Gasteiger partial charge in [0.15, 0.2) is 24.1 Å². The highest BCUT2D eigenvalue weighted by Gasteiger charge is 2.19. The van der Waals surface area contributed by atoms with Gasteiger partial charge in [-0.3, -0.25) is 69.3 Å². The van der Waals surface area contributed by atoms with Crippen molar-refractivity contribution in [3.05, 3.63) is 404 Å². The number of fused-ring (bicyclic) bond motifs is 1. The molecule has 0 aliphatic heterocycles. The Morgan fingerprint density at radius 3 is 1.21 bits per heavy atom. The number of Topliss-reactive ketones (excluding diaryl/α,β-unsaturated/α-hetero) is 2. The molecule has 0 aliphatic carbocycles. The molecule has 0 fully saturated rings. The number of carbonyl (C=O) groups excluding carboxylic acids is 5. The Balaban J connectivity index is 0.000000338. The van der Waals surface area contributed by atoms with E-state index in [-0.39, 0.29) is 56.1 Å². The fourth-order valence-electron chi connectivity index (χ4n) is 11.8. The van der Waals surface area contributed by atoms with Gasteiger partial charge in [0, 0.05) is 149 Å². The van der Waals surface area contributed by atoms with Crippen LogP contribution in [0.2, 0.25) is 15.1 Å². The van der Waals surface area contributed by atoms with Gasteiger partial charge >= 0.3 is 7.12 Å². The minimum Gasteiger partial charge on any atom is -0.497 e. The molecular weight excluding hydrogens is 2410 g/mol. The topological polar surface area (TPSA) is 425 Å². The van der Waals surface area contributed by atoms with Crippen LogP contribution < -0.4 is 35.9 Å². The van der Waals surface area contributed by atoms with Crippen LogP contribution >= 0.6 is 158 Å². The number of aromatic nitrogens is 1. The highest BCUT2D eigenvalue weighted by Crippen LogP contribution is 2.38. The number of ether oxygens (including phenoxy) is 6. The third-order valence-electron chi connectivity index (χ3n) is 19.0. The quantitative estimate of drug-likeness (QED) is 0.00715. The van der Waals surface area contributed by atoms with Crippen molar-refractivity contribution in [1.29, 1.82) is 0 Å². The number of nitrogen functional groups attached to an aromatic ring is 2. The summed E-state index contributed by atoms with van der Waals surface area (Å²) in [5.74, 6) is 2.83. The molecule has 1 aromatic heterocycles. The Morgan fingerprint density at radius 1 is 0.421 bits per heavy atom. The number of nitro benzene ring substituents is 4. The number of halogens is 11. The van der Waals surface area contributed by atoms with E-state index in [0.29, 0.717) is 98.3 Å². The lowest BCUT2D eigenvalue weighted by molar-refractivity contribution is -0.385. The summed E-state index contributed by atoms with van der Waals surface area (Å²) in [6.45, 7) is 6.45. The lowest BCUT2D eigenvalue weighted by Gasteiger charge is -2.19. The van der Waals surface area contributed by atoms with E-state index in [1.165, 1.54) is 56.5 Å². The van der Waals surface area contributed by atoms with Gasteiger partial charge in [0.25, 0.3) is 28.0 Å². The zero-order valence-corrected chi connectivity index (χ0v) is 94.1. The predicted molar refractivity (Wildman–Crippen MR) is 601 cm³/mol. The molecule has 0 bridgehead atoms. The molecular formula is C103H97BBr7Cl4N9O21. The van der Waals surface area contributed by atoms with E-state index in [0.717, 1.165) is 83.8 Å². The second kappa shape index (κ2) is 64.7. The number of rotatable bonds is 22. The molecule has 145 heavy (non-hydrogen) atoms. The standard InChI is InChI=1S/C22H15BrClNO.C15H13ClO2.C10H11BrN2O2.C9H9BrO2.C8H6BrClO2.C7H4BrNO3.C7H6BrNO2.C7H6BrNO.C7H8N2O2.C6H6BClO2.C5H13NO2/c1-26-18-8-9-19(14-2-6-17(24)7-3-14)20(13-18)22-10-4-15-12-16(23)5-11-21(15)25-22;1-10(17)15-9-13(18-2)7-8-14(15)11-3-5-12(16)6-4-11;1-12(2)6-5-8-7-9(11)3-4-10(8)13(14)15;1-6(11)8-5-7(12-2)3-4-9(8)10;1-12-5-2-3-7(9)6(4-5)8(10)11;8-6-1-2-7(9(11)12)5(3-6)4-10;1-5-4-6(8)2-3-7(5)9(10)11;8-6-1-2-7(9)5(3-6)4-10;1-5-4-6(8)2-3-7(5)9(10)11;8-6-3-1-5(2-4-6)7(9)10;1-6(2)5(7-3)8-4/h2-13H,1H3;3-9H,1-2H3;3-7H,1-2H3;3-5H,1-2H3;2-4H,1H3;1-4H;2-4H,1H3;1-4H,9H2;2-4H,8H2,1H3;1-4,9-10H;5H,1-4H3/b;;6-5+;;;;;;;;. The Hall–Kier alpha value is -12.1. The molecule has 0 aliphatic rings. The maximum Gasteiger partial charge on any atom is 0.488 e. The van der Waals surface area contributed by atoms with E-state index in [2.05, 4.69) is 130 Å². The first-order valence-electron chi connectivity index (χ1n) is 41.8. The van der Waals surface area contributed by atoms with Crippen LogP contribution in [0.3, 0.4) is 0 Å². The molecule has 30 nitrogen and oxygen atoms in total. The zero-order valence-electron chi connectivity index (χ0n) is 80.0. The lowest BCUT2D eigenvalue weighted by Crippen LogP contribution is -2.30. The van der Waals surface area contributed by atoms with Crippen LogP contribution in [-0.2, 0) is 9.47 Å². The molecule has 42 heteroatoms. The van der Waals surface area contributed by atoms with Gasteiger partial charge in [-0.2, -0.15) is 0 Å². The number of carbonyl (C=O) groups is 5. The van der Waals surface area contributed by atoms with E-state index < -0.39 is 22.2 Å². The van der Waals surface area contributed by atoms with Gasteiger partial charge in [-0.25, -0.2) is 4.98 Å².